The Kier molecular flexibility index (Phi) is 6.19. The van der Waals surface area contributed by atoms with E-state index in [1.165, 1.54) is 0 Å². The molecule has 3 rings (SSSR count). The molecule has 28 heavy (non-hydrogen) atoms. The Morgan fingerprint density at radius 2 is 1.50 bits per heavy atom. The van der Waals surface area contributed by atoms with Crippen LogP contribution in [0.4, 0.5) is 0 Å². The number of ketones is 1. The van der Waals surface area contributed by atoms with Crippen molar-refractivity contribution in [3.05, 3.63) is 95.6 Å². The lowest BCUT2D eigenvalue weighted by Crippen LogP contribution is -2.13. The Hall–Kier alpha value is -3.44. The van der Waals surface area contributed by atoms with Crippen LogP contribution in [-0.2, 0) is 4.74 Å². The fourth-order valence-electron chi connectivity index (χ4n) is 2.70. The first-order valence-corrected chi connectivity index (χ1v) is 8.91. The predicted octanol–water partition coefficient (Wildman–Crippen LogP) is 4.57. The number of aliphatic hydroxyl groups excluding tert-OH is 1. The number of hydrogen-bond acceptors (Lipinski definition) is 5. The Morgan fingerprint density at radius 3 is 2.18 bits per heavy atom. The topological polar surface area (TPSA) is 72.8 Å². The lowest BCUT2D eigenvalue weighted by atomic mass is 9.99. The number of para-hydroxylation sites is 1. The van der Waals surface area contributed by atoms with E-state index in [0.717, 1.165) is 0 Å². The second-order valence-corrected chi connectivity index (χ2v) is 6.02. The zero-order chi connectivity index (χ0) is 19.9. The fourth-order valence-corrected chi connectivity index (χ4v) is 2.70. The summed E-state index contributed by atoms with van der Waals surface area (Å²) in [6.45, 7) is 2.05. The fraction of sp³-hybridized carbons (Fsp3) is 0.130. The molecular weight excluding hydrogens is 356 g/mol. The normalized spacial score (nSPS) is 11.5. The minimum Gasteiger partial charge on any atom is -0.462 e. The molecule has 5 nitrogen and oxygen atoms in total. The molecular formula is C23H20O5. The van der Waals surface area contributed by atoms with Crippen LogP contribution in [0, 0.1) is 0 Å². The smallest absolute Gasteiger partial charge is 0.338 e. The van der Waals surface area contributed by atoms with Crippen molar-refractivity contribution in [1.29, 1.82) is 0 Å². The maximum atomic E-state index is 12.6. The van der Waals surface area contributed by atoms with Gasteiger partial charge < -0.3 is 14.6 Å². The summed E-state index contributed by atoms with van der Waals surface area (Å²) in [7, 11) is 0. The molecule has 142 valence electrons. The van der Waals surface area contributed by atoms with Gasteiger partial charge in [-0.3, -0.25) is 4.79 Å². The molecule has 0 amide bonds. The van der Waals surface area contributed by atoms with E-state index in [1.807, 2.05) is 0 Å². The van der Waals surface area contributed by atoms with Crippen molar-refractivity contribution in [2.24, 2.45) is 0 Å². The average molecular weight is 376 g/mol. The summed E-state index contributed by atoms with van der Waals surface area (Å²) < 4.78 is 10.8. The number of Topliss-reactive ketones (excluding diaryl/α,β-unsaturated/α-hetero) is 1. The monoisotopic (exact) mass is 376 g/mol. The highest BCUT2D eigenvalue weighted by Crippen LogP contribution is 2.31. The van der Waals surface area contributed by atoms with E-state index >= 15 is 0 Å². The Labute approximate surface area is 163 Å². The highest BCUT2D eigenvalue weighted by Gasteiger charge is 2.22. The molecule has 0 saturated heterocycles. The Balaban J connectivity index is 1.81. The van der Waals surface area contributed by atoms with E-state index in [1.54, 1.807) is 85.8 Å². The molecule has 0 aliphatic heterocycles. The largest absolute Gasteiger partial charge is 0.462 e. The number of benzene rings is 3. The van der Waals surface area contributed by atoms with Crippen LogP contribution in [0.15, 0.2) is 78.9 Å². The number of hydrogen-bond donors (Lipinski definition) is 1. The van der Waals surface area contributed by atoms with Crippen LogP contribution in [0.1, 0.15) is 39.3 Å². The van der Waals surface area contributed by atoms with E-state index in [2.05, 4.69) is 0 Å². The van der Waals surface area contributed by atoms with Crippen molar-refractivity contribution in [2.75, 3.05) is 6.61 Å². The molecule has 5 heteroatoms. The maximum absolute atomic E-state index is 12.6. The standard InChI is InChI=1S/C23H20O5/c1-2-27-23(26)17-12-14-18(15-13-17)28-20-11-7-6-10-19(20)22(25)21(24)16-8-4-3-5-9-16/h3-15,22,25H,2H2,1H3. The van der Waals surface area contributed by atoms with E-state index in [9.17, 15) is 14.7 Å². The van der Waals surface area contributed by atoms with Crippen molar-refractivity contribution >= 4 is 11.8 Å². The molecule has 0 fully saturated rings. The molecule has 3 aromatic rings. The first kappa shape index (κ1) is 19.3. The van der Waals surface area contributed by atoms with Gasteiger partial charge in [-0.2, -0.15) is 0 Å². The Morgan fingerprint density at radius 1 is 0.857 bits per heavy atom. The van der Waals surface area contributed by atoms with Gasteiger partial charge in [0, 0.05) is 11.1 Å². The van der Waals surface area contributed by atoms with Crippen LogP contribution >= 0.6 is 0 Å². The molecule has 0 aliphatic carbocycles. The van der Waals surface area contributed by atoms with E-state index in [-0.39, 0.29) is 0 Å². The van der Waals surface area contributed by atoms with Crippen molar-refractivity contribution < 1.29 is 24.2 Å². The number of esters is 1. The maximum Gasteiger partial charge on any atom is 0.338 e. The number of carbonyl (C=O) groups is 2. The van der Waals surface area contributed by atoms with Gasteiger partial charge in [-0.25, -0.2) is 4.79 Å². The average Bonchev–Trinajstić information content (AvgIpc) is 2.74. The third-order valence-corrected chi connectivity index (χ3v) is 4.11. The van der Waals surface area contributed by atoms with Crippen molar-refractivity contribution in [3.63, 3.8) is 0 Å². The highest BCUT2D eigenvalue weighted by atomic mass is 16.5. The van der Waals surface area contributed by atoms with Crippen LogP contribution in [0.3, 0.4) is 0 Å². The third kappa shape index (κ3) is 4.45. The summed E-state index contributed by atoms with van der Waals surface area (Å²) in [6.07, 6.45) is -1.35. The number of ether oxygens (including phenoxy) is 2. The quantitative estimate of drug-likeness (QED) is 0.483. The summed E-state index contributed by atoms with van der Waals surface area (Å²) in [5.74, 6) is 0.0238. The molecule has 0 bridgehead atoms. The van der Waals surface area contributed by atoms with Gasteiger partial charge in [0.25, 0.3) is 0 Å². The predicted molar refractivity (Wildman–Crippen MR) is 105 cm³/mol. The highest BCUT2D eigenvalue weighted by molar-refractivity contribution is 6.00. The minimum atomic E-state index is -1.35. The van der Waals surface area contributed by atoms with E-state index < -0.39 is 17.9 Å². The van der Waals surface area contributed by atoms with Crippen molar-refractivity contribution in [3.8, 4) is 11.5 Å². The van der Waals surface area contributed by atoms with E-state index in [4.69, 9.17) is 9.47 Å². The summed E-state index contributed by atoms with van der Waals surface area (Å²) in [5, 5.41) is 10.6. The molecule has 0 aromatic heterocycles. The molecule has 0 heterocycles. The van der Waals surface area contributed by atoms with Gasteiger partial charge in [0.05, 0.1) is 12.2 Å². The zero-order valence-corrected chi connectivity index (χ0v) is 15.4. The molecule has 1 N–H and O–H groups in total. The zero-order valence-electron chi connectivity index (χ0n) is 15.4. The molecule has 3 aromatic carbocycles. The second-order valence-electron chi connectivity index (χ2n) is 6.02. The second kappa shape index (κ2) is 8.97. The van der Waals surface area contributed by atoms with Crippen molar-refractivity contribution in [1.82, 2.24) is 0 Å². The van der Waals surface area contributed by atoms with Gasteiger partial charge in [0.15, 0.2) is 5.78 Å². The van der Waals surface area contributed by atoms with Crippen LogP contribution in [0.5, 0.6) is 11.5 Å². The minimum absolute atomic E-state index is 0.303. The Bertz CT molecular complexity index is 948. The molecule has 0 spiro atoms. The van der Waals surface area contributed by atoms with Gasteiger partial charge in [-0.15, -0.1) is 0 Å². The lowest BCUT2D eigenvalue weighted by Gasteiger charge is -2.15. The van der Waals surface area contributed by atoms with Crippen LogP contribution in [0.25, 0.3) is 0 Å². The van der Waals surface area contributed by atoms with Gasteiger partial charge in [-0.1, -0.05) is 48.5 Å². The molecule has 0 aliphatic rings. The van der Waals surface area contributed by atoms with E-state index in [0.29, 0.717) is 34.8 Å². The first-order valence-electron chi connectivity index (χ1n) is 8.91. The summed E-state index contributed by atoms with van der Waals surface area (Å²) >= 11 is 0. The summed E-state index contributed by atoms with van der Waals surface area (Å²) in [6, 6.07) is 21.9. The third-order valence-electron chi connectivity index (χ3n) is 4.11. The molecule has 0 saturated carbocycles. The SMILES string of the molecule is CCOC(=O)c1ccc(Oc2ccccc2C(O)C(=O)c2ccccc2)cc1. The molecule has 1 unspecified atom stereocenters. The van der Waals surface area contributed by atoms with Crippen LogP contribution in [0.2, 0.25) is 0 Å². The van der Waals surface area contributed by atoms with Gasteiger partial charge >= 0.3 is 5.97 Å². The number of aliphatic hydroxyl groups is 1. The van der Waals surface area contributed by atoms with Gasteiger partial charge in [0.1, 0.15) is 17.6 Å². The van der Waals surface area contributed by atoms with Crippen molar-refractivity contribution in [2.45, 2.75) is 13.0 Å². The summed E-state index contributed by atoms with van der Waals surface area (Å²) in [5.41, 5.74) is 1.20. The number of carbonyl (C=O) groups excluding carboxylic acids is 2. The first-order chi connectivity index (χ1) is 13.6. The molecule has 1 atom stereocenters. The van der Waals surface area contributed by atoms with Crippen LogP contribution in [-0.4, -0.2) is 23.5 Å². The number of rotatable bonds is 7. The lowest BCUT2D eigenvalue weighted by molar-refractivity contribution is 0.0526. The van der Waals surface area contributed by atoms with Crippen LogP contribution < -0.4 is 4.74 Å². The summed E-state index contributed by atoms with van der Waals surface area (Å²) in [4.78, 5) is 24.3. The molecule has 0 radical (unpaired) electrons. The van der Waals surface area contributed by atoms with Gasteiger partial charge in [-0.05, 0) is 37.3 Å². The van der Waals surface area contributed by atoms with Gasteiger partial charge in [0.2, 0.25) is 0 Å².